The fourth-order valence-corrected chi connectivity index (χ4v) is 3.67. The number of rotatable bonds is 3. The van der Waals surface area contributed by atoms with Crippen LogP contribution < -0.4 is 0 Å². The van der Waals surface area contributed by atoms with Gasteiger partial charge >= 0.3 is 5.97 Å². The molecule has 0 spiro atoms. The third-order valence-electron chi connectivity index (χ3n) is 3.90. The van der Waals surface area contributed by atoms with Gasteiger partial charge in [-0.1, -0.05) is 6.07 Å². The Morgan fingerprint density at radius 3 is 2.75 bits per heavy atom. The molecule has 0 radical (unpaired) electrons. The molecule has 1 fully saturated rings. The average molecular weight is 290 g/mol. The molecule has 106 valence electrons. The molecule has 2 aromatic rings. The molecule has 3 rings (SSSR count). The lowest BCUT2D eigenvalue weighted by Gasteiger charge is -2.32. The van der Waals surface area contributed by atoms with E-state index in [1.54, 1.807) is 17.4 Å². The van der Waals surface area contributed by atoms with Crippen LogP contribution in [0.1, 0.15) is 15.9 Å². The van der Waals surface area contributed by atoms with E-state index in [0.717, 1.165) is 48.4 Å². The number of fused-ring (bicyclic) bond motifs is 1. The van der Waals surface area contributed by atoms with Crippen LogP contribution in [0, 0.1) is 0 Å². The van der Waals surface area contributed by atoms with Crippen molar-refractivity contribution in [2.75, 3.05) is 33.2 Å². The van der Waals surface area contributed by atoms with E-state index in [9.17, 15) is 9.90 Å². The molecule has 20 heavy (non-hydrogen) atoms. The summed E-state index contributed by atoms with van der Waals surface area (Å²) in [5.74, 6) is -0.839. The van der Waals surface area contributed by atoms with Crippen LogP contribution in [0.3, 0.4) is 0 Å². The number of benzene rings is 1. The standard InChI is InChI=1S/C15H18N2O2S/c1-16-5-7-17(8-6-16)9-11-10-20-13-4-2-3-12(14(11)13)15(18)19/h2-4,10H,5-9H2,1H3,(H,18,19). The van der Waals surface area contributed by atoms with Crippen LogP contribution >= 0.6 is 11.3 Å². The number of hydrogen-bond donors (Lipinski definition) is 1. The summed E-state index contributed by atoms with van der Waals surface area (Å²) in [4.78, 5) is 16.1. The Hall–Kier alpha value is -1.43. The van der Waals surface area contributed by atoms with Crippen molar-refractivity contribution in [3.8, 4) is 0 Å². The number of aromatic carboxylic acids is 1. The van der Waals surface area contributed by atoms with Crippen LogP contribution in [0.15, 0.2) is 23.6 Å². The van der Waals surface area contributed by atoms with Gasteiger partial charge in [-0.15, -0.1) is 11.3 Å². The maximum atomic E-state index is 11.4. The summed E-state index contributed by atoms with van der Waals surface area (Å²) in [5, 5.41) is 12.4. The van der Waals surface area contributed by atoms with Gasteiger partial charge < -0.3 is 10.0 Å². The van der Waals surface area contributed by atoms with Crippen molar-refractivity contribution in [2.24, 2.45) is 0 Å². The van der Waals surface area contributed by atoms with E-state index in [-0.39, 0.29) is 0 Å². The number of piperazine rings is 1. The molecule has 4 nitrogen and oxygen atoms in total. The summed E-state index contributed by atoms with van der Waals surface area (Å²) in [7, 11) is 2.14. The van der Waals surface area contributed by atoms with Crippen LogP contribution in [-0.4, -0.2) is 54.1 Å². The Morgan fingerprint density at radius 1 is 1.30 bits per heavy atom. The van der Waals surface area contributed by atoms with Crippen LogP contribution in [0.4, 0.5) is 0 Å². The first kappa shape index (κ1) is 13.5. The molecule has 1 aromatic carbocycles. The summed E-state index contributed by atoms with van der Waals surface area (Å²) in [6.07, 6.45) is 0. The van der Waals surface area contributed by atoms with Gasteiger partial charge in [0.25, 0.3) is 0 Å². The molecule has 0 saturated carbocycles. The number of nitrogens with zero attached hydrogens (tertiary/aromatic N) is 2. The van der Waals surface area contributed by atoms with Crippen molar-refractivity contribution in [3.63, 3.8) is 0 Å². The minimum absolute atomic E-state index is 0.424. The maximum Gasteiger partial charge on any atom is 0.336 e. The fourth-order valence-electron chi connectivity index (χ4n) is 2.70. The highest BCUT2D eigenvalue weighted by atomic mass is 32.1. The van der Waals surface area contributed by atoms with Gasteiger partial charge in [0.1, 0.15) is 0 Å². The Kier molecular flexibility index (Phi) is 3.74. The predicted octanol–water partition coefficient (Wildman–Crippen LogP) is 2.35. The Bertz CT molecular complexity index is 630. The van der Waals surface area contributed by atoms with Crippen LogP contribution in [0.5, 0.6) is 0 Å². The molecule has 0 bridgehead atoms. The lowest BCUT2D eigenvalue weighted by Crippen LogP contribution is -2.43. The van der Waals surface area contributed by atoms with Gasteiger partial charge in [-0.3, -0.25) is 4.90 Å². The van der Waals surface area contributed by atoms with Gasteiger partial charge in [0.2, 0.25) is 0 Å². The minimum atomic E-state index is -0.839. The van der Waals surface area contributed by atoms with E-state index in [2.05, 4.69) is 22.2 Å². The molecule has 0 amide bonds. The van der Waals surface area contributed by atoms with E-state index < -0.39 is 5.97 Å². The van der Waals surface area contributed by atoms with Gasteiger partial charge in [-0.05, 0) is 30.1 Å². The van der Waals surface area contributed by atoms with Gasteiger partial charge in [-0.25, -0.2) is 4.79 Å². The zero-order valence-electron chi connectivity index (χ0n) is 11.5. The van der Waals surface area contributed by atoms with Crippen LogP contribution in [0.2, 0.25) is 0 Å². The van der Waals surface area contributed by atoms with Crippen LogP contribution in [0.25, 0.3) is 10.1 Å². The molecule has 0 aliphatic carbocycles. The van der Waals surface area contributed by atoms with Crippen molar-refractivity contribution >= 4 is 27.4 Å². The third-order valence-corrected chi connectivity index (χ3v) is 4.89. The monoisotopic (exact) mass is 290 g/mol. The summed E-state index contributed by atoms with van der Waals surface area (Å²) in [6.45, 7) is 5.09. The molecule has 2 heterocycles. The van der Waals surface area contributed by atoms with Crippen LogP contribution in [-0.2, 0) is 6.54 Å². The summed E-state index contributed by atoms with van der Waals surface area (Å²) >= 11 is 1.63. The molecule has 5 heteroatoms. The summed E-state index contributed by atoms with van der Waals surface area (Å²) in [6, 6.07) is 5.52. The van der Waals surface area contributed by atoms with Gasteiger partial charge in [0, 0.05) is 42.8 Å². The zero-order chi connectivity index (χ0) is 14.1. The Balaban J connectivity index is 1.90. The number of carbonyl (C=O) groups is 1. The van der Waals surface area contributed by atoms with E-state index in [1.807, 2.05) is 12.1 Å². The summed E-state index contributed by atoms with van der Waals surface area (Å²) < 4.78 is 1.06. The molecule has 1 N–H and O–H groups in total. The normalized spacial score (nSPS) is 17.6. The second kappa shape index (κ2) is 5.52. The topological polar surface area (TPSA) is 43.8 Å². The van der Waals surface area contributed by atoms with E-state index in [1.165, 1.54) is 0 Å². The first-order chi connectivity index (χ1) is 9.65. The van der Waals surface area contributed by atoms with E-state index in [0.29, 0.717) is 5.56 Å². The second-order valence-corrected chi connectivity index (χ2v) is 6.24. The van der Waals surface area contributed by atoms with Crippen molar-refractivity contribution < 1.29 is 9.90 Å². The highest BCUT2D eigenvalue weighted by molar-refractivity contribution is 7.17. The number of carboxylic acids is 1. The first-order valence-corrected chi connectivity index (χ1v) is 7.66. The molecular formula is C15H18N2O2S. The van der Waals surface area contributed by atoms with Crippen molar-refractivity contribution in [1.82, 2.24) is 9.80 Å². The SMILES string of the molecule is CN1CCN(Cc2csc3cccc(C(=O)O)c23)CC1. The largest absolute Gasteiger partial charge is 0.478 e. The lowest BCUT2D eigenvalue weighted by molar-refractivity contribution is 0.0699. The fraction of sp³-hybridized carbons (Fsp3) is 0.400. The lowest BCUT2D eigenvalue weighted by atomic mass is 10.1. The summed E-state index contributed by atoms with van der Waals surface area (Å²) in [5.41, 5.74) is 1.57. The molecule has 0 unspecified atom stereocenters. The number of thiophene rings is 1. The zero-order valence-corrected chi connectivity index (χ0v) is 12.3. The molecule has 1 aliphatic heterocycles. The highest BCUT2D eigenvalue weighted by Crippen LogP contribution is 2.30. The van der Waals surface area contributed by atoms with Gasteiger partial charge in [0.05, 0.1) is 5.56 Å². The number of likely N-dealkylation sites (N-methyl/N-ethyl adjacent to an activating group) is 1. The second-order valence-electron chi connectivity index (χ2n) is 5.32. The first-order valence-electron chi connectivity index (χ1n) is 6.78. The van der Waals surface area contributed by atoms with E-state index >= 15 is 0 Å². The third kappa shape index (κ3) is 2.57. The molecule has 1 saturated heterocycles. The number of carboxylic acid groups (broad SMARTS) is 1. The molecule has 1 aliphatic rings. The minimum Gasteiger partial charge on any atom is -0.478 e. The number of hydrogen-bond acceptors (Lipinski definition) is 4. The quantitative estimate of drug-likeness (QED) is 0.942. The predicted molar refractivity (Wildman–Crippen MR) is 81.6 cm³/mol. The smallest absolute Gasteiger partial charge is 0.336 e. The van der Waals surface area contributed by atoms with Crippen molar-refractivity contribution in [1.29, 1.82) is 0 Å². The average Bonchev–Trinajstić information content (AvgIpc) is 2.84. The highest BCUT2D eigenvalue weighted by Gasteiger charge is 2.18. The van der Waals surface area contributed by atoms with Gasteiger partial charge in [-0.2, -0.15) is 0 Å². The molecule has 0 atom stereocenters. The van der Waals surface area contributed by atoms with E-state index in [4.69, 9.17) is 0 Å². The van der Waals surface area contributed by atoms with Crippen molar-refractivity contribution in [3.05, 3.63) is 34.7 Å². The Labute approximate surface area is 122 Å². The van der Waals surface area contributed by atoms with Crippen molar-refractivity contribution in [2.45, 2.75) is 6.54 Å². The molecule has 1 aromatic heterocycles. The van der Waals surface area contributed by atoms with Gasteiger partial charge in [0.15, 0.2) is 0 Å². The molecular weight excluding hydrogens is 272 g/mol. The maximum absolute atomic E-state index is 11.4. The Morgan fingerprint density at radius 2 is 2.05 bits per heavy atom.